The third-order valence-electron chi connectivity index (χ3n) is 10.2. The Bertz CT molecular complexity index is 2700. The second-order valence-corrected chi connectivity index (χ2v) is 27.1. The van der Waals surface area contributed by atoms with Crippen LogP contribution in [0.2, 0.25) is 17.3 Å². The quantitative estimate of drug-likeness (QED) is 0.123. The number of furan rings is 1. The Hall–Kier alpha value is -4.43. The molecule has 8 aromatic rings. The van der Waals surface area contributed by atoms with Crippen molar-refractivity contribution < 1.29 is 24.5 Å². The fraction of sp³-hybridized carbons (Fsp3) is 0.292. The maximum absolute atomic E-state index is 6.53. The SMILES string of the molecule is CC(C)Cc1cc(-c2[c-]cccc2)nc[c]1[Ge]([CH3])([CH3])[CH3].Cc1cc(C)c(-n2c(-c3[c-]cc(C)c4c3oc3c(C)nc(C)cc34)nc3cnc(C)cc32)c(C)c1.[Ir]. The van der Waals surface area contributed by atoms with Crippen LogP contribution in [0.3, 0.4) is 0 Å². The molecule has 0 amide bonds. The van der Waals surface area contributed by atoms with E-state index in [1.165, 1.54) is 22.3 Å². The molecule has 0 saturated carbocycles. The van der Waals surface area contributed by atoms with Crippen LogP contribution < -0.4 is 4.40 Å². The molecule has 0 saturated heterocycles. The molecule has 0 N–H and O–H groups in total. The van der Waals surface area contributed by atoms with Gasteiger partial charge in [0.05, 0.1) is 34.3 Å². The first kappa shape index (κ1) is 41.2. The van der Waals surface area contributed by atoms with Gasteiger partial charge in [0.25, 0.3) is 0 Å². The Morgan fingerprint density at radius 2 is 1.52 bits per heavy atom. The van der Waals surface area contributed by atoms with E-state index in [1.807, 2.05) is 51.2 Å². The summed E-state index contributed by atoms with van der Waals surface area (Å²) in [5.74, 6) is 8.79. The molecule has 0 spiro atoms. The molecule has 8 heteroatoms. The number of nitrogens with zero attached hydrogens (tertiary/aromatic N) is 5. The molecule has 0 aliphatic heterocycles. The third kappa shape index (κ3) is 8.04. The molecule has 0 aliphatic carbocycles. The predicted molar refractivity (Wildman–Crippen MR) is 231 cm³/mol. The van der Waals surface area contributed by atoms with Gasteiger partial charge < -0.3 is 8.98 Å². The van der Waals surface area contributed by atoms with Gasteiger partial charge in [-0.25, -0.2) is 0 Å². The van der Waals surface area contributed by atoms with E-state index in [2.05, 4.69) is 128 Å². The van der Waals surface area contributed by atoms with Gasteiger partial charge in [-0.15, -0.1) is 17.7 Å². The molecular formula is C48H51GeIrN5O-2. The van der Waals surface area contributed by atoms with Gasteiger partial charge in [0.2, 0.25) is 0 Å². The third-order valence-corrected chi connectivity index (χ3v) is 14.5. The maximum atomic E-state index is 6.53. The minimum atomic E-state index is -1.86. The van der Waals surface area contributed by atoms with Gasteiger partial charge in [0, 0.05) is 42.6 Å². The van der Waals surface area contributed by atoms with Crippen molar-refractivity contribution in [2.75, 3.05) is 0 Å². The van der Waals surface area contributed by atoms with Crippen LogP contribution in [-0.4, -0.2) is 37.8 Å². The predicted octanol–water partition coefficient (Wildman–Crippen LogP) is 11.6. The number of benzene rings is 3. The summed E-state index contributed by atoms with van der Waals surface area (Å²) in [5, 5.41) is 2.17. The van der Waals surface area contributed by atoms with Gasteiger partial charge in [-0.05, 0) is 64.8 Å². The van der Waals surface area contributed by atoms with Crippen molar-refractivity contribution in [3.05, 3.63) is 130 Å². The van der Waals surface area contributed by atoms with E-state index in [0.29, 0.717) is 5.92 Å². The second-order valence-electron chi connectivity index (χ2n) is 16.6. The molecular weight excluding hydrogens is 927 g/mol. The summed E-state index contributed by atoms with van der Waals surface area (Å²) in [4.78, 5) is 18.9. The smallest absolute Gasteiger partial charge is 0.142 e. The number of pyridine rings is 3. The number of imidazole rings is 1. The number of aryl methyl sites for hydroxylation is 7. The number of hydrogen-bond acceptors (Lipinski definition) is 5. The van der Waals surface area contributed by atoms with Gasteiger partial charge in [-0.3, -0.25) is 15.0 Å². The van der Waals surface area contributed by atoms with E-state index in [-0.39, 0.29) is 20.1 Å². The van der Waals surface area contributed by atoms with E-state index in [1.54, 1.807) is 4.40 Å². The minimum absolute atomic E-state index is 0. The molecule has 289 valence electrons. The van der Waals surface area contributed by atoms with Crippen molar-refractivity contribution in [1.29, 1.82) is 0 Å². The van der Waals surface area contributed by atoms with Gasteiger partial charge in [-0.2, -0.15) is 0 Å². The van der Waals surface area contributed by atoms with E-state index >= 15 is 0 Å². The largest absolute Gasteiger partial charge is 0.499 e. The van der Waals surface area contributed by atoms with Crippen LogP contribution in [0.5, 0.6) is 0 Å². The van der Waals surface area contributed by atoms with Crippen LogP contribution in [0, 0.1) is 66.5 Å². The zero-order valence-corrected chi connectivity index (χ0v) is 39.2. The Balaban J connectivity index is 0.000000217. The van der Waals surface area contributed by atoms with Crippen molar-refractivity contribution in [2.45, 2.75) is 86.0 Å². The summed E-state index contributed by atoms with van der Waals surface area (Å²) < 4.78 is 10.3. The van der Waals surface area contributed by atoms with Crippen LogP contribution >= 0.6 is 0 Å². The summed E-state index contributed by atoms with van der Waals surface area (Å²) in [6.07, 6.45) is 5.12. The number of rotatable bonds is 6. The maximum Gasteiger partial charge on any atom is 0.142 e. The molecule has 8 rings (SSSR count). The average molecular weight is 979 g/mol. The monoisotopic (exact) mass is 980 g/mol. The van der Waals surface area contributed by atoms with Crippen LogP contribution in [0.25, 0.3) is 61.3 Å². The molecule has 1 radical (unpaired) electrons. The van der Waals surface area contributed by atoms with E-state index in [9.17, 15) is 0 Å². The Morgan fingerprint density at radius 3 is 2.18 bits per heavy atom. The summed E-state index contributed by atoms with van der Waals surface area (Å²) in [5.41, 5.74) is 16.7. The number of aromatic nitrogens is 5. The van der Waals surface area contributed by atoms with Gasteiger partial charge in [0.15, 0.2) is 0 Å². The summed E-state index contributed by atoms with van der Waals surface area (Å²) in [6, 6.07) is 27.8. The standard InChI is InChI=1S/C30H27N4O.C18H24GeN.Ir/c1-15-10-17(3)27(18(4)11-15)34-25-13-19(5)31-14-24(25)33-30(34)22-9-8-16(2)26-23-12-20(6)32-21(7)28(23)35-29(22)26;1-14(2)11-16-12-18(15-9-7-6-8-10-15)20-13-17(16)19(3,4)5;/h8,10-14H,1-7H3;6-9,12-14H,11H2,1-5H3;/q2*-1;. The van der Waals surface area contributed by atoms with Crippen LogP contribution in [0.4, 0.5) is 0 Å². The molecule has 6 nitrogen and oxygen atoms in total. The van der Waals surface area contributed by atoms with Crippen LogP contribution in [0.1, 0.15) is 58.7 Å². The first-order valence-corrected chi connectivity index (χ1v) is 26.6. The Labute approximate surface area is 347 Å². The first-order chi connectivity index (χ1) is 26.1. The molecule has 5 heterocycles. The fourth-order valence-corrected chi connectivity index (χ4v) is 11.3. The Kier molecular flexibility index (Phi) is 11.9. The van der Waals surface area contributed by atoms with Gasteiger partial charge in [0.1, 0.15) is 5.58 Å². The van der Waals surface area contributed by atoms with E-state index in [0.717, 1.165) is 90.4 Å². The number of hydrogen-bond donors (Lipinski definition) is 0. The molecule has 0 unspecified atom stereocenters. The van der Waals surface area contributed by atoms with Crippen molar-refractivity contribution >= 4 is 50.6 Å². The van der Waals surface area contributed by atoms with Crippen LogP contribution in [-0.2, 0) is 26.5 Å². The molecule has 56 heavy (non-hydrogen) atoms. The summed E-state index contributed by atoms with van der Waals surface area (Å²) >= 11 is -1.86. The average Bonchev–Trinajstić information content (AvgIpc) is 3.68. The first-order valence-electron chi connectivity index (χ1n) is 19.2. The molecule has 5 aromatic heterocycles. The fourth-order valence-electron chi connectivity index (χ4n) is 7.94. The van der Waals surface area contributed by atoms with Gasteiger partial charge >= 0.3 is 126 Å². The van der Waals surface area contributed by atoms with Crippen molar-refractivity contribution in [1.82, 2.24) is 24.5 Å². The Morgan fingerprint density at radius 1 is 0.786 bits per heavy atom. The van der Waals surface area contributed by atoms with Gasteiger partial charge in [-0.1, -0.05) is 35.6 Å². The second kappa shape index (κ2) is 16.2. The van der Waals surface area contributed by atoms with Crippen molar-refractivity contribution in [3.63, 3.8) is 0 Å². The van der Waals surface area contributed by atoms with E-state index in [4.69, 9.17) is 14.4 Å². The number of fused-ring (bicyclic) bond motifs is 4. The molecule has 3 aromatic carbocycles. The molecule has 0 aliphatic rings. The zero-order valence-electron chi connectivity index (χ0n) is 34.7. The molecule has 0 bridgehead atoms. The summed E-state index contributed by atoms with van der Waals surface area (Å²) in [6.45, 7) is 19.2. The van der Waals surface area contributed by atoms with Crippen LogP contribution in [0.15, 0.2) is 77.5 Å². The normalized spacial score (nSPS) is 11.7. The van der Waals surface area contributed by atoms with E-state index < -0.39 is 13.3 Å². The molecule has 0 fully saturated rings. The topological polar surface area (TPSA) is 69.6 Å². The molecule has 0 atom stereocenters. The summed E-state index contributed by atoms with van der Waals surface area (Å²) in [7, 11) is 0. The van der Waals surface area contributed by atoms with Crippen molar-refractivity contribution in [3.8, 4) is 28.3 Å². The zero-order chi connectivity index (χ0) is 39.3. The minimum Gasteiger partial charge on any atom is -0.499 e. The van der Waals surface area contributed by atoms with Crippen molar-refractivity contribution in [2.24, 2.45) is 5.92 Å².